The third-order valence-corrected chi connectivity index (χ3v) is 2.73. The van der Waals surface area contributed by atoms with Crippen LogP contribution in [0.4, 0.5) is 0 Å². The number of aromatic amines is 1. The Labute approximate surface area is 118 Å². The highest BCUT2D eigenvalue weighted by Crippen LogP contribution is 2.19. The highest BCUT2D eigenvalue weighted by molar-refractivity contribution is 5.88. The molecule has 0 atom stereocenters. The quantitative estimate of drug-likeness (QED) is 0.705. The highest BCUT2D eigenvalue weighted by Gasteiger charge is 2.15. The number of aromatic nitrogens is 6. The van der Waals surface area contributed by atoms with E-state index in [0.717, 1.165) is 0 Å². The molecule has 21 heavy (non-hydrogen) atoms. The van der Waals surface area contributed by atoms with Gasteiger partial charge < -0.3 is 14.5 Å². The van der Waals surface area contributed by atoms with Crippen molar-refractivity contribution >= 4 is 17.1 Å². The molecule has 3 aromatic rings. The summed E-state index contributed by atoms with van der Waals surface area (Å²) >= 11 is 0. The molecule has 0 radical (unpaired) electrons. The van der Waals surface area contributed by atoms with Crippen LogP contribution < -0.4 is 4.74 Å². The fraction of sp³-hybridized carbons (Fsp3) is 0.250. The van der Waals surface area contributed by atoms with Crippen molar-refractivity contribution in [3.05, 3.63) is 24.3 Å². The van der Waals surface area contributed by atoms with E-state index in [1.807, 2.05) is 0 Å². The van der Waals surface area contributed by atoms with Crippen molar-refractivity contribution in [3.8, 4) is 11.8 Å². The number of hydrogen-bond donors (Lipinski definition) is 1. The molecular weight excluding hydrogens is 276 g/mol. The van der Waals surface area contributed by atoms with E-state index in [4.69, 9.17) is 9.47 Å². The molecule has 0 aliphatic carbocycles. The van der Waals surface area contributed by atoms with Crippen LogP contribution in [-0.2, 0) is 4.74 Å². The van der Waals surface area contributed by atoms with Crippen molar-refractivity contribution in [2.45, 2.75) is 6.92 Å². The van der Waals surface area contributed by atoms with E-state index in [2.05, 4.69) is 25.0 Å². The van der Waals surface area contributed by atoms with Crippen LogP contribution >= 0.6 is 0 Å². The van der Waals surface area contributed by atoms with Crippen molar-refractivity contribution in [1.29, 1.82) is 0 Å². The summed E-state index contributed by atoms with van der Waals surface area (Å²) < 4.78 is 11.5. The van der Waals surface area contributed by atoms with Crippen LogP contribution in [0.2, 0.25) is 0 Å². The Morgan fingerprint density at radius 3 is 3.05 bits per heavy atom. The molecule has 0 bridgehead atoms. The largest absolute Gasteiger partial charge is 0.479 e. The second-order valence-electron chi connectivity index (χ2n) is 4.03. The minimum absolute atomic E-state index is 0.252. The van der Waals surface area contributed by atoms with E-state index >= 15 is 0 Å². The third kappa shape index (κ3) is 2.29. The summed E-state index contributed by atoms with van der Waals surface area (Å²) in [5, 5.41) is 4.05. The summed E-state index contributed by atoms with van der Waals surface area (Å²) in [5.41, 5.74) is 1.37. The third-order valence-electron chi connectivity index (χ3n) is 2.73. The Morgan fingerprint density at radius 1 is 1.43 bits per heavy atom. The van der Waals surface area contributed by atoms with Gasteiger partial charge in [-0.1, -0.05) is 0 Å². The second-order valence-corrected chi connectivity index (χ2v) is 4.03. The predicted octanol–water partition coefficient (Wildman–Crippen LogP) is 0.724. The molecule has 9 heteroatoms. The first-order valence-electron chi connectivity index (χ1n) is 6.20. The molecule has 108 valence electrons. The fourth-order valence-corrected chi connectivity index (χ4v) is 1.80. The molecule has 3 aromatic heterocycles. The van der Waals surface area contributed by atoms with E-state index in [9.17, 15) is 4.79 Å². The standard InChI is InChI=1S/C12H12N6O3/c1-3-21-11(19)7-4-15-18(5-7)12-16-9-8(13-6-14-9)10(17-12)20-2/h4-6H,3H2,1-2H3,(H,13,14,16,17). The molecule has 0 spiro atoms. The Hall–Kier alpha value is -2.97. The Kier molecular flexibility index (Phi) is 3.22. The van der Waals surface area contributed by atoms with Gasteiger partial charge in [0.15, 0.2) is 5.65 Å². The molecule has 0 fully saturated rings. The van der Waals surface area contributed by atoms with Gasteiger partial charge in [-0.05, 0) is 6.92 Å². The number of rotatable bonds is 4. The number of ether oxygens (including phenoxy) is 2. The van der Waals surface area contributed by atoms with E-state index < -0.39 is 5.97 Å². The maximum atomic E-state index is 11.6. The van der Waals surface area contributed by atoms with Crippen LogP contribution in [0.25, 0.3) is 17.1 Å². The zero-order valence-electron chi connectivity index (χ0n) is 11.4. The molecule has 3 rings (SSSR count). The molecule has 0 aromatic carbocycles. The smallest absolute Gasteiger partial charge is 0.341 e. The summed E-state index contributed by atoms with van der Waals surface area (Å²) in [4.78, 5) is 27.1. The number of methoxy groups -OCH3 is 1. The normalized spacial score (nSPS) is 10.8. The highest BCUT2D eigenvalue weighted by atomic mass is 16.5. The van der Waals surface area contributed by atoms with Crippen molar-refractivity contribution in [1.82, 2.24) is 29.7 Å². The summed E-state index contributed by atoms with van der Waals surface area (Å²) in [6.07, 6.45) is 4.38. The fourth-order valence-electron chi connectivity index (χ4n) is 1.80. The lowest BCUT2D eigenvalue weighted by Gasteiger charge is -2.03. The first-order valence-corrected chi connectivity index (χ1v) is 6.20. The average molecular weight is 288 g/mol. The lowest BCUT2D eigenvalue weighted by atomic mass is 10.4. The number of H-pyrrole nitrogens is 1. The van der Waals surface area contributed by atoms with Crippen molar-refractivity contribution in [2.24, 2.45) is 0 Å². The average Bonchev–Trinajstić information content (AvgIpc) is 3.15. The Balaban J connectivity index is 2.02. The lowest BCUT2D eigenvalue weighted by Crippen LogP contribution is -2.05. The number of fused-ring (bicyclic) bond motifs is 1. The van der Waals surface area contributed by atoms with Crippen LogP contribution in [0, 0.1) is 0 Å². The van der Waals surface area contributed by atoms with E-state index in [1.165, 1.54) is 30.5 Å². The first kappa shape index (κ1) is 13.0. The lowest BCUT2D eigenvalue weighted by molar-refractivity contribution is 0.0526. The number of imidazole rings is 1. The van der Waals surface area contributed by atoms with Gasteiger partial charge in [-0.15, -0.1) is 0 Å². The molecule has 9 nitrogen and oxygen atoms in total. The minimum atomic E-state index is -0.448. The predicted molar refractivity (Wildman–Crippen MR) is 71.3 cm³/mol. The summed E-state index contributed by atoms with van der Waals surface area (Å²) in [6.45, 7) is 2.04. The molecule has 0 amide bonds. The van der Waals surface area contributed by atoms with Crippen LogP contribution in [-0.4, -0.2) is 49.4 Å². The van der Waals surface area contributed by atoms with Gasteiger partial charge in [-0.3, -0.25) is 0 Å². The summed E-state index contributed by atoms with van der Waals surface area (Å²) in [6, 6.07) is 0. The molecule has 0 unspecified atom stereocenters. The molecule has 0 aliphatic heterocycles. The zero-order chi connectivity index (χ0) is 14.8. The molecule has 0 saturated heterocycles. The second kappa shape index (κ2) is 5.19. The summed E-state index contributed by atoms with van der Waals surface area (Å²) in [7, 11) is 1.50. The summed E-state index contributed by atoms with van der Waals surface area (Å²) in [5.74, 6) is 0.152. The number of nitrogens with zero attached hydrogens (tertiary/aromatic N) is 5. The van der Waals surface area contributed by atoms with E-state index in [-0.39, 0.29) is 5.95 Å². The van der Waals surface area contributed by atoms with Gasteiger partial charge in [0.1, 0.15) is 5.52 Å². The number of carbonyl (C=O) groups is 1. The monoisotopic (exact) mass is 288 g/mol. The van der Waals surface area contributed by atoms with Crippen LogP contribution in [0.3, 0.4) is 0 Å². The number of hydrogen-bond acceptors (Lipinski definition) is 7. The number of nitrogens with one attached hydrogen (secondary N) is 1. The van der Waals surface area contributed by atoms with E-state index in [0.29, 0.717) is 29.2 Å². The van der Waals surface area contributed by atoms with Gasteiger partial charge in [0, 0.05) is 6.20 Å². The van der Waals surface area contributed by atoms with Crippen molar-refractivity contribution < 1.29 is 14.3 Å². The SMILES string of the molecule is CCOC(=O)c1cnn(-c2nc(OC)c3[nH]cnc3n2)c1. The van der Waals surface area contributed by atoms with E-state index in [1.54, 1.807) is 6.92 Å². The molecule has 1 N–H and O–H groups in total. The van der Waals surface area contributed by atoms with Gasteiger partial charge in [0.05, 0.1) is 31.8 Å². The van der Waals surface area contributed by atoms with Gasteiger partial charge in [-0.25, -0.2) is 14.5 Å². The number of carbonyl (C=O) groups excluding carboxylic acids is 1. The molecular formula is C12H12N6O3. The zero-order valence-corrected chi connectivity index (χ0v) is 11.4. The van der Waals surface area contributed by atoms with Gasteiger partial charge in [0.2, 0.25) is 5.88 Å². The Bertz CT molecular complexity index is 793. The van der Waals surface area contributed by atoms with Crippen LogP contribution in [0.15, 0.2) is 18.7 Å². The van der Waals surface area contributed by atoms with Crippen LogP contribution in [0.5, 0.6) is 5.88 Å². The number of esters is 1. The van der Waals surface area contributed by atoms with Gasteiger partial charge >= 0.3 is 5.97 Å². The Morgan fingerprint density at radius 2 is 2.29 bits per heavy atom. The maximum Gasteiger partial charge on any atom is 0.341 e. The van der Waals surface area contributed by atoms with Crippen molar-refractivity contribution in [2.75, 3.05) is 13.7 Å². The first-order chi connectivity index (χ1) is 10.2. The van der Waals surface area contributed by atoms with Gasteiger partial charge in [-0.2, -0.15) is 15.1 Å². The molecule has 0 saturated carbocycles. The van der Waals surface area contributed by atoms with Crippen molar-refractivity contribution in [3.63, 3.8) is 0 Å². The topological polar surface area (TPSA) is 108 Å². The molecule has 3 heterocycles. The maximum absolute atomic E-state index is 11.6. The molecule has 0 aliphatic rings. The van der Waals surface area contributed by atoms with Gasteiger partial charge in [0.25, 0.3) is 5.95 Å². The minimum Gasteiger partial charge on any atom is -0.479 e. The van der Waals surface area contributed by atoms with Crippen LogP contribution in [0.1, 0.15) is 17.3 Å².